The summed E-state index contributed by atoms with van der Waals surface area (Å²) in [6.07, 6.45) is 4.37. The second-order valence-electron chi connectivity index (χ2n) is 6.69. The summed E-state index contributed by atoms with van der Waals surface area (Å²) in [5.41, 5.74) is 1.15. The van der Waals surface area contributed by atoms with Crippen LogP contribution in [0.4, 0.5) is 0 Å². The lowest BCUT2D eigenvalue weighted by atomic mass is 9.65. The van der Waals surface area contributed by atoms with Crippen LogP contribution in [0.3, 0.4) is 0 Å². The molecule has 1 N–H and O–H groups in total. The van der Waals surface area contributed by atoms with Crippen LogP contribution in [-0.2, 0) is 0 Å². The SMILES string of the molecule is CC1(C)CCCCC1C(O)c1ccc2c(c1)OCCO2. The zero-order valence-corrected chi connectivity index (χ0v) is 12.4. The molecule has 1 aliphatic carbocycles. The van der Waals surface area contributed by atoms with E-state index in [0.717, 1.165) is 23.5 Å². The van der Waals surface area contributed by atoms with Crippen LogP contribution in [0.5, 0.6) is 11.5 Å². The normalized spacial score (nSPS) is 26.1. The zero-order valence-electron chi connectivity index (χ0n) is 12.4. The Morgan fingerprint density at radius 2 is 1.90 bits per heavy atom. The second kappa shape index (κ2) is 5.28. The van der Waals surface area contributed by atoms with Gasteiger partial charge in [0.25, 0.3) is 0 Å². The predicted octanol–water partition coefficient (Wildman–Crippen LogP) is 3.71. The maximum absolute atomic E-state index is 10.8. The summed E-state index contributed by atoms with van der Waals surface area (Å²) in [6.45, 7) is 5.74. The predicted molar refractivity (Wildman–Crippen MR) is 78.1 cm³/mol. The van der Waals surface area contributed by atoms with Crippen molar-refractivity contribution in [3.8, 4) is 11.5 Å². The summed E-state index contributed by atoms with van der Waals surface area (Å²) < 4.78 is 11.2. The van der Waals surface area contributed by atoms with Crippen molar-refractivity contribution in [1.29, 1.82) is 0 Å². The smallest absolute Gasteiger partial charge is 0.161 e. The molecule has 2 atom stereocenters. The van der Waals surface area contributed by atoms with E-state index in [1.165, 1.54) is 19.3 Å². The number of ether oxygens (including phenoxy) is 2. The summed E-state index contributed by atoms with van der Waals surface area (Å²) in [5.74, 6) is 1.87. The Balaban J connectivity index is 1.84. The van der Waals surface area contributed by atoms with Gasteiger partial charge in [-0.05, 0) is 41.9 Å². The molecule has 0 bridgehead atoms. The summed E-state index contributed by atoms with van der Waals surface area (Å²) in [5, 5.41) is 10.8. The second-order valence-corrected chi connectivity index (χ2v) is 6.69. The molecule has 0 radical (unpaired) electrons. The average Bonchev–Trinajstić information content (AvgIpc) is 2.45. The molecule has 1 aromatic rings. The van der Waals surface area contributed by atoms with Crippen LogP contribution in [0, 0.1) is 11.3 Å². The average molecular weight is 276 g/mol. The Morgan fingerprint density at radius 1 is 1.15 bits per heavy atom. The number of benzene rings is 1. The van der Waals surface area contributed by atoms with Crippen LogP contribution < -0.4 is 9.47 Å². The Bertz CT molecular complexity index is 481. The van der Waals surface area contributed by atoms with Gasteiger partial charge in [-0.25, -0.2) is 0 Å². The van der Waals surface area contributed by atoms with E-state index in [9.17, 15) is 5.11 Å². The van der Waals surface area contributed by atoms with Gasteiger partial charge in [0.05, 0.1) is 6.10 Å². The number of hydrogen-bond donors (Lipinski definition) is 1. The molecule has 2 aliphatic rings. The maximum atomic E-state index is 10.8. The molecular formula is C17H24O3. The summed E-state index contributed by atoms with van der Waals surface area (Å²) in [6, 6.07) is 5.84. The van der Waals surface area contributed by atoms with Crippen LogP contribution in [0.15, 0.2) is 18.2 Å². The van der Waals surface area contributed by atoms with Crippen LogP contribution in [-0.4, -0.2) is 18.3 Å². The maximum Gasteiger partial charge on any atom is 0.161 e. The quantitative estimate of drug-likeness (QED) is 0.895. The first-order chi connectivity index (χ1) is 9.58. The molecule has 20 heavy (non-hydrogen) atoms. The molecule has 1 aromatic carbocycles. The van der Waals surface area contributed by atoms with Gasteiger partial charge >= 0.3 is 0 Å². The number of rotatable bonds is 2. The third kappa shape index (κ3) is 2.51. The highest BCUT2D eigenvalue weighted by Crippen LogP contribution is 2.47. The van der Waals surface area contributed by atoms with Crippen LogP contribution in [0.25, 0.3) is 0 Å². The first-order valence-electron chi connectivity index (χ1n) is 7.65. The van der Waals surface area contributed by atoms with E-state index in [2.05, 4.69) is 13.8 Å². The van der Waals surface area contributed by atoms with Gasteiger partial charge in [-0.1, -0.05) is 32.8 Å². The molecule has 3 heteroatoms. The lowest BCUT2D eigenvalue weighted by Crippen LogP contribution is -2.32. The monoisotopic (exact) mass is 276 g/mol. The van der Waals surface area contributed by atoms with Crippen molar-refractivity contribution in [1.82, 2.24) is 0 Å². The van der Waals surface area contributed by atoms with Crippen molar-refractivity contribution in [2.24, 2.45) is 11.3 Å². The molecule has 0 spiro atoms. The van der Waals surface area contributed by atoms with Crippen molar-refractivity contribution < 1.29 is 14.6 Å². The van der Waals surface area contributed by atoms with Gasteiger partial charge in [-0.3, -0.25) is 0 Å². The number of fused-ring (bicyclic) bond motifs is 1. The molecule has 3 rings (SSSR count). The lowest BCUT2D eigenvalue weighted by Gasteiger charge is -2.41. The molecule has 1 aliphatic heterocycles. The van der Waals surface area contributed by atoms with Gasteiger partial charge in [0.1, 0.15) is 13.2 Å². The van der Waals surface area contributed by atoms with Crippen molar-refractivity contribution in [3.63, 3.8) is 0 Å². The fourth-order valence-corrected chi connectivity index (χ4v) is 3.58. The van der Waals surface area contributed by atoms with Crippen molar-refractivity contribution in [2.45, 2.75) is 45.6 Å². The third-order valence-electron chi connectivity index (χ3n) is 4.88. The highest BCUT2D eigenvalue weighted by atomic mass is 16.6. The Hall–Kier alpha value is -1.22. The minimum absolute atomic E-state index is 0.199. The van der Waals surface area contributed by atoms with Gasteiger partial charge in [0, 0.05) is 0 Å². The number of aliphatic hydroxyl groups is 1. The van der Waals surface area contributed by atoms with Crippen LogP contribution in [0.1, 0.15) is 51.2 Å². The number of hydrogen-bond acceptors (Lipinski definition) is 3. The summed E-state index contributed by atoms with van der Waals surface area (Å²) >= 11 is 0. The first kappa shape index (κ1) is 13.7. The lowest BCUT2D eigenvalue weighted by molar-refractivity contribution is 0.00360. The fourth-order valence-electron chi connectivity index (χ4n) is 3.58. The molecule has 1 saturated carbocycles. The van der Waals surface area contributed by atoms with E-state index in [1.807, 2.05) is 18.2 Å². The highest BCUT2D eigenvalue weighted by molar-refractivity contribution is 5.44. The first-order valence-corrected chi connectivity index (χ1v) is 7.65. The Labute approximate surface area is 120 Å². The van der Waals surface area contributed by atoms with Gasteiger partial charge in [-0.2, -0.15) is 0 Å². The van der Waals surface area contributed by atoms with E-state index in [-0.39, 0.29) is 5.41 Å². The minimum Gasteiger partial charge on any atom is -0.486 e. The van der Waals surface area contributed by atoms with Crippen molar-refractivity contribution in [2.75, 3.05) is 13.2 Å². The molecule has 1 fully saturated rings. The molecule has 110 valence electrons. The van der Waals surface area contributed by atoms with Gasteiger partial charge in [0.2, 0.25) is 0 Å². The Morgan fingerprint density at radius 3 is 2.65 bits per heavy atom. The van der Waals surface area contributed by atoms with Crippen LogP contribution in [0.2, 0.25) is 0 Å². The van der Waals surface area contributed by atoms with Gasteiger partial charge < -0.3 is 14.6 Å². The van der Waals surface area contributed by atoms with Gasteiger partial charge in [-0.15, -0.1) is 0 Å². The van der Waals surface area contributed by atoms with Crippen molar-refractivity contribution in [3.05, 3.63) is 23.8 Å². The molecule has 2 unspecified atom stereocenters. The largest absolute Gasteiger partial charge is 0.486 e. The van der Waals surface area contributed by atoms with E-state index >= 15 is 0 Å². The fraction of sp³-hybridized carbons (Fsp3) is 0.647. The molecule has 3 nitrogen and oxygen atoms in total. The van der Waals surface area contributed by atoms with Crippen molar-refractivity contribution >= 4 is 0 Å². The number of aliphatic hydroxyl groups excluding tert-OH is 1. The highest BCUT2D eigenvalue weighted by Gasteiger charge is 2.37. The molecule has 0 amide bonds. The zero-order chi connectivity index (χ0) is 14.2. The molecular weight excluding hydrogens is 252 g/mol. The van der Waals surface area contributed by atoms with Crippen LogP contribution >= 0.6 is 0 Å². The van der Waals surface area contributed by atoms with E-state index in [0.29, 0.717) is 19.1 Å². The molecule has 0 aromatic heterocycles. The molecule has 1 heterocycles. The third-order valence-corrected chi connectivity index (χ3v) is 4.88. The molecule has 0 saturated heterocycles. The Kier molecular flexibility index (Phi) is 3.63. The van der Waals surface area contributed by atoms with E-state index in [1.54, 1.807) is 0 Å². The topological polar surface area (TPSA) is 38.7 Å². The minimum atomic E-state index is -0.416. The van der Waals surface area contributed by atoms with E-state index in [4.69, 9.17) is 9.47 Å². The van der Waals surface area contributed by atoms with E-state index < -0.39 is 6.10 Å². The summed E-state index contributed by atoms with van der Waals surface area (Å²) in [4.78, 5) is 0. The summed E-state index contributed by atoms with van der Waals surface area (Å²) in [7, 11) is 0. The standard InChI is InChI=1S/C17H24O3/c1-17(2)8-4-3-5-13(17)16(18)12-6-7-14-15(11-12)20-10-9-19-14/h6-7,11,13,16,18H,3-5,8-10H2,1-2H3. The van der Waals surface area contributed by atoms with Gasteiger partial charge in [0.15, 0.2) is 11.5 Å².